The molecule has 3 amide bonds. The van der Waals surface area contributed by atoms with Crippen molar-refractivity contribution in [2.45, 2.75) is 12.8 Å². The number of piperazine rings is 1. The number of carbonyl (C=O) groups excluding carboxylic acids is 2. The Kier molecular flexibility index (Phi) is 6.87. The van der Waals surface area contributed by atoms with Crippen molar-refractivity contribution in [1.82, 2.24) is 19.7 Å². The first-order valence-electron chi connectivity index (χ1n) is 11.0. The normalized spacial score (nSPS) is 18.4. The maximum atomic E-state index is 12.6. The number of anilines is 1. The first-order chi connectivity index (χ1) is 15.5. The third-order valence-corrected chi connectivity index (χ3v) is 5.89. The van der Waals surface area contributed by atoms with E-state index < -0.39 is 0 Å². The smallest absolute Gasteiger partial charge is 0.347 e. The fraction of sp³-hybridized carbons (Fsp3) is 0.435. The van der Waals surface area contributed by atoms with Gasteiger partial charge in [0.15, 0.2) is 0 Å². The van der Waals surface area contributed by atoms with Gasteiger partial charge in [0.05, 0.1) is 6.21 Å². The van der Waals surface area contributed by atoms with E-state index in [1.807, 2.05) is 18.2 Å². The van der Waals surface area contributed by atoms with Gasteiger partial charge in [-0.15, -0.1) is 0 Å². The fourth-order valence-electron chi connectivity index (χ4n) is 3.87. The van der Waals surface area contributed by atoms with E-state index in [1.54, 1.807) is 18.2 Å². The summed E-state index contributed by atoms with van der Waals surface area (Å²) >= 11 is 0. The van der Waals surface area contributed by atoms with Crippen molar-refractivity contribution in [2.24, 2.45) is 5.10 Å². The number of unbranched alkanes of at least 4 members (excludes halogenated alkanes) is 1. The second kappa shape index (κ2) is 9.97. The summed E-state index contributed by atoms with van der Waals surface area (Å²) in [6.07, 6.45) is 3.22. The van der Waals surface area contributed by atoms with Gasteiger partial charge in [-0.05, 0) is 62.8 Å². The average molecular weight is 439 g/mol. The van der Waals surface area contributed by atoms with Crippen LogP contribution in [0.5, 0.6) is 0 Å². The molecular weight excluding hydrogens is 408 g/mol. The molecule has 0 atom stereocenters. The standard InChI is InChI=1S/C23H30N6O3/c1-26-12-14-27(15-13-26)10-2-3-11-28-22(30)17-29(23(28)31)25-16-20-8-9-21(32-20)18-4-6-19(24)7-5-18/h4-9,16H,2-3,10-15,17,24H2,1H3/b25-16+. The van der Waals surface area contributed by atoms with Gasteiger partial charge in [-0.1, -0.05) is 0 Å². The van der Waals surface area contributed by atoms with E-state index >= 15 is 0 Å². The molecule has 0 bridgehead atoms. The maximum Gasteiger partial charge on any atom is 0.347 e. The number of hydrogen-bond donors (Lipinski definition) is 1. The van der Waals surface area contributed by atoms with Crippen molar-refractivity contribution in [1.29, 1.82) is 0 Å². The number of carbonyl (C=O) groups is 2. The predicted octanol–water partition coefficient (Wildman–Crippen LogP) is 2.15. The molecule has 0 radical (unpaired) electrons. The summed E-state index contributed by atoms with van der Waals surface area (Å²) in [7, 11) is 2.14. The SMILES string of the molecule is CN1CCN(CCCCN2C(=O)CN(/N=C/c3ccc(-c4ccc(N)cc4)o3)C2=O)CC1. The first-order valence-corrected chi connectivity index (χ1v) is 11.0. The molecule has 2 N–H and O–H groups in total. The molecule has 9 heteroatoms. The second-order valence-corrected chi connectivity index (χ2v) is 8.31. The summed E-state index contributed by atoms with van der Waals surface area (Å²) in [5.74, 6) is 0.966. The summed E-state index contributed by atoms with van der Waals surface area (Å²) in [5.41, 5.74) is 7.30. The molecule has 0 aliphatic carbocycles. The van der Waals surface area contributed by atoms with Crippen molar-refractivity contribution >= 4 is 23.8 Å². The van der Waals surface area contributed by atoms with Crippen LogP contribution in [-0.2, 0) is 4.79 Å². The van der Waals surface area contributed by atoms with Crippen LogP contribution in [0.25, 0.3) is 11.3 Å². The third-order valence-electron chi connectivity index (χ3n) is 5.89. The number of nitrogens with zero attached hydrogens (tertiary/aromatic N) is 5. The molecule has 2 aliphatic rings. The molecule has 2 fully saturated rings. The van der Waals surface area contributed by atoms with Gasteiger partial charge in [0.1, 0.15) is 18.1 Å². The summed E-state index contributed by atoms with van der Waals surface area (Å²) in [6, 6.07) is 10.6. The maximum absolute atomic E-state index is 12.6. The average Bonchev–Trinajstić information content (AvgIpc) is 3.36. The van der Waals surface area contributed by atoms with Crippen molar-refractivity contribution in [3.63, 3.8) is 0 Å². The number of amides is 3. The van der Waals surface area contributed by atoms with Crippen LogP contribution in [0.1, 0.15) is 18.6 Å². The number of urea groups is 1. The van der Waals surface area contributed by atoms with Crippen LogP contribution in [0.3, 0.4) is 0 Å². The van der Waals surface area contributed by atoms with Crippen LogP contribution in [0.15, 0.2) is 45.9 Å². The van der Waals surface area contributed by atoms with E-state index in [4.69, 9.17) is 10.2 Å². The highest BCUT2D eigenvalue weighted by Crippen LogP contribution is 2.22. The van der Waals surface area contributed by atoms with Gasteiger partial charge in [0, 0.05) is 44.0 Å². The van der Waals surface area contributed by atoms with Crippen molar-refractivity contribution in [3.05, 3.63) is 42.2 Å². The van der Waals surface area contributed by atoms with E-state index in [1.165, 1.54) is 16.1 Å². The Morgan fingerprint density at radius 3 is 2.47 bits per heavy atom. The van der Waals surface area contributed by atoms with Gasteiger partial charge in [0.25, 0.3) is 5.91 Å². The summed E-state index contributed by atoms with van der Waals surface area (Å²) in [6.45, 7) is 5.72. The second-order valence-electron chi connectivity index (χ2n) is 8.31. The zero-order chi connectivity index (χ0) is 22.5. The van der Waals surface area contributed by atoms with E-state index in [2.05, 4.69) is 21.9 Å². The molecule has 2 aliphatic heterocycles. The molecule has 0 saturated carbocycles. The zero-order valence-corrected chi connectivity index (χ0v) is 18.4. The topological polar surface area (TPSA) is 98.6 Å². The summed E-state index contributed by atoms with van der Waals surface area (Å²) < 4.78 is 5.77. The molecule has 1 aromatic carbocycles. The Labute approximate surface area is 188 Å². The number of nitrogen functional groups attached to an aromatic ring is 1. The first kappa shape index (κ1) is 22.0. The van der Waals surface area contributed by atoms with Crippen molar-refractivity contribution in [3.8, 4) is 11.3 Å². The number of likely N-dealkylation sites (N-methyl/N-ethyl adjacent to an activating group) is 1. The van der Waals surface area contributed by atoms with Crippen LogP contribution in [-0.4, -0.2) is 90.7 Å². The lowest BCUT2D eigenvalue weighted by atomic mass is 10.1. The predicted molar refractivity (Wildman–Crippen MR) is 123 cm³/mol. The van der Waals surface area contributed by atoms with Gasteiger partial charge in [-0.25, -0.2) is 9.80 Å². The number of benzene rings is 1. The Bertz CT molecular complexity index is 962. The molecule has 2 saturated heterocycles. The fourth-order valence-corrected chi connectivity index (χ4v) is 3.87. The molecule has 4 rings (SSSR count). The lowest BCUT2D eigenvalue weighted by molar-refractivity contribution is -0.125. The highest BCUT2D eigenvalue weighted by atomic mass is 16.3. The Morgan fingerprint density at radius 1 is 1.00 bits per heavy atom. The number of hydrazone groups is 1. The number of furan rings is 1. The highest BCUT2D eigenvalue weighted by molar-refractivity contribution is 6.02. The highest BCUT2D eigenvalue weighted by Gasteiger charge is 2.35. The number of imide groups is 1. The lowest BCUT2D eigenvalue weighted by Crippen LogP contribution is -2.44. The van der Waals surface area contributed by atoms with Crippen LogP contribution in [0.4, 0.5) is 10.5 Å². The van der Waals surface area contributed by atoms with Crippen LogP contribution >= 0.6 is 0 Å². The minimum Gasteiger partial charge on any atom is -0.455 e. The Morgan fingerprint density at radius 2 is 1.72 bits per heavy atom. The zero-order valence-electron chi connectivity index (χ0n) is 18.4. The third kappa shape index (κ3) is 5.35. The van der Waals surface area contributed by atoms with Crippen LogP contribution in [0, 0.1) is 0 Å². The minimum atomic E-state index is -0.379. The van der Waals surface area contributed by atoms with Crippen molar-refractivity contribution < 1.29 is 14.0 Å². The lowest BCUT2D eigenvalue weighted by Gasteiger charge is -2.32. The number of nitrogens with two attached hydrogens (primary N) is 1. The molecule has 3 heterocycles. The van der Waals surface area contributed by atoms with Gasteiger partial charge in [-0.3, -0.25) is 9.69 Å². The van der Waals surface area contributed by atoms with Gasteiger partial charge in [0.2, 0.25) is 0 Å². The van der Waals surface area contributed by atoms with E-state index in [0.29, 0.717) is 23.8 Å². The quantitative estimate of drug-likeness (QED) is 0.294. The molecule has 1 aromatic heterocycles. The molecule has 0 unspecified atom stereocenters. The van der Waals surface area contributed by atoms with Crippen molar-refractivity contribution in [2.75, 3.05) is 58.6 Å². The van der Waals surface area contributed by atoms with Gasteiger partial charge >= 0.3 is 6.03 Å². The van der Waals surface area contributed by atoms with Gasteiger partial charge in [-0.2, -0.15) is 5.10 Å². The molecule has 32 heavy (non-hydrogen) atoms. The summed E-state index contributed by atoms with van der Waals surface area (Å²) in [5, 5.41) is 5.36. The van der Waals surface area contributed by atoms with E-state index in [0.717, 1.165) is 51.1 Å². The van der Waals surface area contributed by atoms with Crippen LogP contribution in [0.2, 0.25) is 0 Å². The monoisotopic (exact) mass is 438 g/mol. The summed E-state index contributed by atoms with van der Waals surface area (Å²) in [4.78, 5) is 30.9. The van der Waals surface area contributed by atoms with Crippen LogP contribution < -0.4 is 5.73 Å². The Hall–Kier alpha value is -3.17. The molecule has 9 nitrogen and oxygen atoms in total. The van der Waals surface area contributed by atoms with Gasteiger partial charge < -0.3 is 20.0 Å². The molecule has 0 spiro atoms. The Balaban J connectivity index is 1.25. The molecule has 170 valence electrons. The number of rotatable bonds is 8. The minimum absolute atomic E-state index is 0.0423. The molecule has 2 aromatic rings. The number of hydrogen-bond acceptors (Lipinski definition) is 7. The molecular formula is C23H30N6O3. The largest absolute Gasteiger partial charge is 0.455 e. The van der Waals surface area contributed by atoms with E-state index in [9.17, 15) is 9.59 Å². The van der Waals surface area contributed by atoms with E-state index in [-0.39, 0.29) is 18.5 Å².